The monoisotopic (exact) mass is 183 g/mol. The summed E-state index contributed by atoms with van der Waals surface area (Å²) in [6.45, 7) is 6.62. The van der Waals surface area contributed by atoms with Crippen LogP contribution in [0.4, 0.5) is 0 Å². The van der Waals surface area contributed by atoms with Gasteiger partial charge in [-0.05, 0) is 5.92 Å². The second kappa shape index (κ2) is 4.69. The van der Waals surface area contributed by atoms with Crippen molar-refractivity contribution >= 4 is 11.9 Å². The lowest BCUT2D eigenvalue weighted by Gasteiger charge is -2.06. The quantitative estimate of drug-likeness (QED) is 0.399. The maximum atomic E-state index is 5.62. The van der Waals surface area contributed by atoms with E-state index in [2.05, 4.69) is 34.5 Å². The van der Waals surface area contributed by atoms with Gasteiger partial charge in [-0.3, -0.25) is 15.3 Å². The van der Waals surface area contributed by atoms with Crippen molar-refractivity contribution in [3.63, 3.8) is 0 Å². The average molecular weight is 183 g/mol. The van der Waals surface area contributed by atoms with E-state index in [4.69, 9.17) is 5.73 Å². The summed E-state index contributed by atoms with van der Waals surface area (Å²) in [5, 5.41) is 5.95. The predicted octanol–water partition coefficient (Wildman–Crippen LogP) is -0.494. The molecule has 1 aliphatic heterocycles. The van der Waals surface area contributed by atoms with Gasteiger partial charge in [0.1, 0.15) is 0 Å². The summed E-state index contributed by atoms with van der Waals surface area (Å²) in [4.78, 5) is 8.29. The molecule has 0 aromatic carbocycles. The van der Waals surface area contributed by atoms with Crippen molar-refractivity contribution in [3.8, 4) is 0 Å². The highest BCUT2D eigenvalue weighted by atomic mass is 15.3. The van der Waals surface area contributed by atoms with Gasteiger partial charge >= 0.3 is 0 Å². The Balaban J connectivity index is 2.30. The van der Waals surface area contributed by atoms with Gasteiger partial charge in [-0.1, -0.05) is 13.8 Å². The number of nitrogens with one attached hydrogen (secondary N) is 2. The minimum Gasteiger partial charge on any atom is -0.370 e. The van der Waals surface area contributed by atoms with Gasteiger partial charge in [-0.15, -0.1) is 0 Å². The van der Waals surface area contributed by atoms with Gasteiger partial charge < -0.3 is 11.1 Å². The zero-order valence-corrected chi connectivity index (χ0v) is 8.17. The van der Waals surface area contributed by atoms with Gasteiger partial charge in [-0.2, -0.15) is 0 Å². The molecule has 0 atom stereocenters. The van der Waals surface area contributed by atoms with Crippen molar-refractivity contribution in [2.75, 3.05) is 19.6 Å². The summed E-state index contributed by atoms with van der Waals surface area (Å²) in [6, 6.07) is 0. The van der Waals surface area contributed by atoms with E-state index in [-0.39, 0.29) is 0 Å². The molecule has 0 aromatic heterocycles. The maximum absolute atomic E-state index is 5.62. The second-order valence-corrected chi connectivity index (χ2v) is 3.40. The molecule has 1 rings (SSSR count). The Labute approximate surface area is 78.5 Å². The van der Waals surface area contributed by atoms with E-state index < -0.39 is 0 Å². The molecule has 0 spiro atoms. The fourth-order valence-corrected chi connectivity index (χ4v) is 0.923. The molecule has 0 saturated carbocycles. The fraction of sp³-hybridized carbons (Fsp3) is 0.750. The normalized spacial score (nSPS) is 17.2. The second-order valence-electron chi connectivity index (χ2n) is 3.40. The summed E-state index contributed by atoms with van der Waals surface area (Å²) in [7, 11) is 0. The van der Waals surface area contributed by atoms with Gasteiger partial charge in [0, 0.05) is 13.1 Å². The van der Waals surface area contributed by atoms with Crippen LogP contribution in [-0.2, 0) is 0 Å². The molecule has 0 unspecified atom stereocenters. The highest BCUT2D eigenvalue weighted by molar-refractivity contribution is 5.98. The van der Waals surface area contributed by atoms with Crippen molar-refractivity contribution in [1.29, 1.82) is 0 Å². The molecule has 0 fully saturated rings. The third-order valence-corrected chi connectivity index (χ3v) is 1.55. The van der Waals surface area contributed by atoms with Crippen LogP contribution in [0.3, 0.4) is 0 Å². The van der Waals surface area contributed by atoms with Crippen LogP contribution in [0.25, 0.3) is 0 Å². The number of nitrogens with two attached hydrogens (primary N) is 1. The molecule has 74 valence electrons. The number of hydrogen-bond donors (Lipinski definition) is 3. The van der Waals surface area contributed by atoms with Gasteiger partial charge in [0.15, 0.2) is 11.9 Å². The lowest BCUT2D eigenvalue weighted by atomic mass is 10.2. The van der Waals surface area contributed by atoms with Gasteiger partial charge in [0.25, 0.3) is 0 Å². The van der Waals surface area contributed by atoms with E-state index >= 15 is 0 Å². The topological polar surface area (TPSA) is 74.8 Å². The number of aliphatic imine (C=N–C) groups is 2. The molecule has 5 nitrogen and oxygen atoms in total. The van der Waals surface area contributed by atoms with Gasteiger partial charge in [0.05, 0.1) is 6.54 Å². The molecule has 5 heteroatoms. The molecule has 13 heavy (non-hydrogen) atoms. The standard InChI is InChI=1S/C8H17N5/c1-6(2)5-12-7(9)13-8-10-3-4-11-8/h6H,3-5H2,1-2H3,(H4,9,10,11,12,13). The lowest BCUT2D eigenvalue weighted by Crippen LogP contribution is -2.42. The highest BCUT2D eigenvalue weighted by Gasteiger charge is 2.04. The Bertz CT molecular complexity index is 219. The number of rotatable bonds is 2. The third-order valence-electron chi connectivity index (χ3n) is 1.55. The number of guanidine groups is 2. The van der Waals surface area contributed by atoms with E-state index in [9.17, 15) is 0 Å². The SMILES string of the molecule is CC(C)CN=C(N)NC1=NCCN1. The third kappa shape index (κ3) is 3.78. The zero-order chi connectivity index (χ0) is 9.68. The Kier molecular flexibility index (Phi) is 3.54. The summed E-state index contributed by atoms with van der Waals surface area (Å²) in [5.41, 5.74) is 5.62. The van der Waals surface area contributed by atoms with Crippen LogP contribution < -0.4 is 16.4 Å². The van der Waals surface area contributed by atoms with Crippen molar-refractivity contribution < 1.29 is 0 Å². The summed E-state index contributed by atoms with van der Waals surface area (Å²) in [5.74, 6) is 1.69. The Morgan fingerprint density at radius 2 is 2.54 bits per heavy atom. The maximum Gasteiger partial charge on any atom is 0.198 e. The van der Waals surface area contributed by atoms with Crippen molar-refractivity contribution in [2.45, 2.75) is 13.8 Å². The fourth-order valence-electron chi connectivity index (χ4n) is 0.923. The van der Waals surface area contributed by atoms with Crippen molar-refractivity contribution in [1.82, 2.24) is 10.6 Å². The molecular weight excluding hydrogens is 166 g/mol. The average Bonchev–Trinajstić information content (AvgIpc) is 2.53. The van der Waals surface area contributed by atoms with Crippen LogP contribution in [-0.4, -0.2) is 31.6 Å². The van der Waals surface area contributed by atoms with Crippen LogP contribution in [0, 0.1) is 5.92 Å². The highest BCUT2D eigenvalue weighted by Crippen LogP contribution is 1.90. The minimum absolute atomic E-state index is 0.432. The van der Waals surface area contributed by atoms with Gasteiger partial charge in [0.2, 0.25) is 0 Å². The Hall–Kier alpha value is -1.26. The summed E-state index contributed by atoms with van der Waals surface area (Å²) >= 11 is 0. The van der Waals surface area contributed by atoms with Crippen molar-refractivity contribution in [2.24, 2.45) is 21.6 Å². The molecule has 0 aromatic rings. The molecular formula is C8H17N5. The molecule has 0 radical (unpaired) electrons. The van der Waals surface area contributed by atoms with Crippen LogP contribution in [0.2, 0.25) is 0 Å². The van der Waals surface area contributed by atoms with Crippen molar-refractivity contribution in [3.05, 3.63) is 0 Å². The Morgan fingerprint density at radius 3 is 3.08 bits per heavy atom. The summed E-state index contributed by atoms with van der Waals surface area (Å²) < 4.78 is 0. The number of nitrogens with zero attached hydrogens (tertiary/aromatic N) is 2. The van der Waals surface area contributed by atoms with Crippen LogP contribution >= 0.6 is 0 Å². The Morgan fingerprint density at radius 1 is 1.77 bits per heavy atom. The zero-order valence-electron chi connectivity index (χ0n) is 8.17. The molecule has 0 aliphatic carbocycles. The van der Waals surface area contributed by atoms with Crippen LogP contribution in [0.1, 0.15) is 13.8 Å². The first-order chi connectivity index (χ1) is 6.18. The van der Waals surface area contributed by atoms with E-state index in [0.717, 1.165) is 25.6 Å². The van der Waals surface area contributed by atoms with E-state index in [1.54, 1.807) is 0 Å². The minimum atomic E-state index is 0.432. The molecule has 0 bridgehead atoms. The summed E-state index contributed by atoms with van der Waals surface area (Å²) in [6.07, 6.45) is 0. The van der Waals surface area contributed by atoms with Gasteiger partial charge in [-0.25, -0.2) is 0 Å². The van der Waals surface area contributed by atoms with Crippen LogP contribution in [0.5, 0.6) is 0 Å². The first-order valence-electron chi connectivity index (χ1n) is 4.53. The van der Waals surface area contributed by atoms with E-state index in [1.807, 2.05) is 0 Å². The first-order valence-corrected chi connectivity index (χ1v) is 4.53. The molecule has 1 aliphatic rings. The first kappa shape index (κ1) is 9.83. The molecule has 4 N–H and O–H groups in total. The largest absolute Gasteiger partial charge is 0.370 e. The van der Waals surface area contributed by atoms with E-state index in [1.165, 1.54) is 0 Å². The van der Waals surface area contributed by atoms with Crippen LogP contribution in [0.15, 0.2) is 9.98 Å². The molecule has 0 saturated heterocycles. The predicted molar refractivity (Wildman–Crippen MR) is 54.8 cm³/mol. The lowest BCUT2D eigenvalue weighted by molar-refractivity contribution is 0.663. The smallest absolute Gasteiger partial charge is 0.198 e. The number of hydrogen-bond acceptors (Lipinski definition) is 3. The van der Waals surface area contributed by atoms with E-state index in [0.29, 0.717) is 11.9 Å². The molecule has 1 heterocycles. The molecule has 0 amide bonds.